The average Bonchev–Trinajstić information content (AvgIpc) is 2.43. The Kier molecular flexibility index (Phi) is 16.1. The summed E-state index contributed by atoms with van der Waals surface area (Å²) in [5.74, 6) is 0. The van der Waals surface area contributed by atoms with Gasteiger partial charge in [-0.3, -0.25) is 0 Å². The highest BCUT2D eigenvalue weighted by Crippen LogP contribution is 2.37. The summed E-state index contributed by atoms with van der Waals surface area (Å²) < 4.78 is 12.5. The van der Waals surface area contributed by atoms with Crippen molar-refractivity contribution in [2.24, 2.45) is 0 Å². The molecule has 0 aliphatic heterocycles. The van der Waals surface area contributed by atoms with E-state index >= 15 is 0 Å². The van der Waals surface area contributed by atoms with Gasteiger partial charge in [0, 0.05) is 0 Å². The first-order valence-electron chi connectivity index (χ1n) is 6.16. The minimum absolute atomic E-state index is 0.526. The van der Waals surface area contributed by atoms with Crippen LogP contribution >= 0.6 is 79.8 Å². The maximum absolute atomic E-state index is 5.37. The molecule has 0 aromatic heterocycles. The summed E-state index contributed by atoms with van der Waals surface area (Å²) in [5.41, 5.74) is 0. The Balaban J connectivity index is 3.57. The van der Waals surface area contributed by atoms with Gasteiger partial charge in [-0.15, -0.1) is 0 Å². The number of hydrogen-bond donors (Lipinski definition) is 0. The molecular weight excluding hydrogens is 389 g/mol. The first-order valence-corrected chi connectivity index (χ1v) is 11.7. The highest BCUT2D eigenvalue weighted by atomic mass is 33.1. The van der Waals surface area contributed by atoms with E-state index in [1.54, 1.807) is 0 Å². The van der Waals surface area contributed by atoms with Crippen LogP contribution in [0.3, 0.4) is 0 Å². The third kappa shape index (κ3) is 14.2. The minimum Gasteiger partial charge on any atom is -0.478 e. The number of rotatable bonds is 6. The van der Waals surface area contributed by atoms with Crippen LogP contribution in [0.1, 0.15) is 39.5 Å². The molecule has 0 bridgehead atoms. The van der Waals surface area contributed by atoms with Crippen molar-refractivity contribution in [3.8, 4) is 0 Å². The molecule has 20 heavy (non-hydrogen) atoms. The van der Waals surface area contributed by atoms with Gasteiger partial charge in [-0.2, -0.15) is 0 Å². The summed E-state index contributed by atoms with van der Waals surface area (Å²) in [4.78, 5) is 0. The van der Waals surface area contributed by atoms with Crippen molar-refractivity contribution >= 4 is 92.1 Å². The number of unbranched alkanes of at least 4 members (excludes halogenated alkanes) is 2. The average molecular weight is 407 g/mol. The second-order valence-corrected chi connectivity index (χ2v) is 10.2. The Morgan fingerprint density at radius 1 is 0.750 bits per heavy atom. The van der Waals surface area contributed by atoms with Crippen molar-refractivity contribution in [3.05, 3.63) is 0 Å². The zero-order valence-corrected chi connectivity index (χ0v) is 17.1. The van der Waals surface area contributed by atoms with Crippen molar-refractivity contribution in [2.45, 2.75) is 39.5 Å². The molecule has 0 saturated carbocycles. The van der Waals surface area contributed by atoms with E-state index in [0.717, 1.165) is 29.2 Å². The monoisotopic (exact) mass is 406 g/mol. The predicted molar refractivity (Wildman–Crippen MR) is 110 cm³/mol. The predicted octanol–water partition coefficient (Wildman–Crippen LogP) is 6.24. The molecule has 0 aliphatic carbocycles. The summed E-state index contributed by atoms with van der Waals surface area (Å²) in [6, 6.07) is 0. The van der Waals surface area contributed by atoms with Crippen molar-refractivity contribution in [3.63, 3.8) is 0 Å². The molecule has 2 nitrogen and oxygen atoms in total. The van der Waals surface area contributed by atoms with E-state index in [1.807, 2.05) is 0 Å². The van der Waals surface area contributed by atoms with Gasteiger partial charge < -0.3 is 9.47 Å². The lowest BCUT2D eigenvalue weighted by Crippen LogP contribution is -1.98. The van der Waals surface area contributed by atoms with E-state index in [-0.39, 0.29) is 0 Å². The summed E-state index contributed by atoms with van der Waals surface area (Å²) in [5, 5.41) is 0. The number of thiocarbonyl (C=S) groups is 3. The third-order valence-electron chi connectivity index (χ3n) is 1.79. The molecule has 0 radical (unpaired) electrons. The summed E-state index contributed by atoms with van der Waals surface area (Å²) in [7, 11) is 5.59. The maximum Gasteiger partial charge on any atom is 0.231 e. The Morgan fingerprint density at radius 3 is 1.50 bits per heavy atom. The van der Waals surface area contributed by atoms with Crippen molar-refractivity contribution in [2.75, 3.05) is 13.2 Å². The van der Waals surface area contributed by atoms with Crippen LogP contribution in [0.5, 0.6) is 0 Å². The van der Waals surface area contributed by atoms with Gasteiger partial charge in [-0.05, 0) is 80.5 Å². The van der Waals surface area contributed by atoms with Crippen LogP contribution in [0, 0.1) is 0 Å². The minimum atomic E-state index is 0.526. The molecule has 9 heteroatoms. The maximum atomic E-state index is 5.37. The van der Waals surface area contributed by atoms with Gasteiger partial charge in [-0.1, -0.05) is 38.9 Å². The van der Waals surface area contributed by atoms with Crippen molar-refractivity contribution < 1.29 is 9.47 Å². The van der Waals surface area contributed by atoms with Crippen LogP contribution < -0.4 is 0 Å². The Labute approximate surface area is 153 Å². The van der Waals surface area contributed by atoms with Gasteiger partial charge in [0.05, 0.1) is 13.2 Å². The molecule has 0 saturated heterocycles. The lowest BCUT2D eigenvalue weighted by molar-refractivity contribution is 0.313. The van der Waals surface area contributed by atoms with Crippen LogP contribution in [0.15, 0.2) is 0 Å². The highest BCUT2D eigenvalue weighted by Gasteiger charge is 2.07. The van der Waals surface area contributed by atoms with Gasteiger partial charge >= 0.3 is 0 Å². The molecule has 0 amide bonds. The Bertz CT molecular complexity index is 281. The van der Waals surface area contributed by atoms with E-state index in [2.05, 4.69) is 13.8 Å². The molecule has 0 aromatic rings. The quantitative estimate of drug-likeness (QED) is 0.287. The zero-order chi connectivity index (χ0) is 15.2. The van der Waals surface area contributed by atoms with E-state index in [0.29, 0.717) is 22.0 Å². The lowest BCUT2D eigenvalue weighted by atomic mass is 10.4. The second-order valence-electron chi connectivity index (χ2n) is 3.49. The van der Waals surface area contributed by atoms with Crippen LogP contribution in [0.25, 0.3) is 0 Å². The Morgan fingerprint density at radius 2 is 1.15 bits per heavy atom. The molecule has 0 fully saturated rings. The first-order chi connectivity index (χ1) is 9.60. The molecular formula is C11H18O2S7. The van der Waals surface area contributed by atoms with Crippen LogP contribution in [-0.2, 0) is 9.47 Å². The molecule has 0 heterocycles. The van der Waals surface area contributed by atoms with Crippen molar-refractivity contribution in [1.29, 1.82) is 0 Å². The van der Waals surface area contributed by atoms with Gasteiger partial charge in [-0.25, -0.2) is 0 Å². The third-order valence-corrected chi connectivity index (χ3v) is 8.78. The topological polar surface area (TPSA) is 18.5 Å². The van der Waals surface area contributed by atoms with E-state index in [1.165, 1.54) is 43.2 Å². The number of ether oxygens (including phenoxy) is 2. The van der Waals surface area contributed by atoms with E-state index in [9.17, 15) is 0 Å². The molecule has 0 aliphatic rings. The summed E-state index contributed by atoms with van der Waals surface area (Å²) in [6.45, 7) is 5.57. The van der Waals surface area contributed by atoms with Crippen molar-refractivity contribution in [1.82, 2.24) is 0 Å². The molecule has 0 spiro atoms. The Hall–Kier alpha value is 1.27. The van der Waals surface area contributed by atoms with Crippen LogP contribution in [0.4, 0.5) is 0 Å². The number of hydrogen-bond acceptors (Lipinski definition) is 9. The standard InChI is InChI=1S/C11H18O2S7/c1-3-5-7-12-9(14)17-19-11(16)20-18-10(15)13-8-6-4-2/h3-8H2,1-2H3. The SMILES string of the molecule is CCCCOC(=S)SSC(=S)SSC(=S)OCCCC. The van der Waals surface area contributed by atoms with E-state index < -0.39 is 0 Å². The fourth-order valence-electron chi connectivity index (χ4n) is 0.798. The summed E-state index contributed by atoms with van der Waals surface area (Å²) >= 11 is 15.4. The van der Waals surface area contributed by atoms with Gasteiger partial charge in [0.25, 0.3) is 0 Å². The first kappa shape index (κ1) is 21.3. The van der Waals surface area contributed by atoms with Crippen LogP contribution in [-0.4, -0.2) is 25.5 Å². The fraction of sp³-hybridized carbons (Fsp3) is 0.727. The highest BCUT2D eigenvalue weighted by molar-refractivity contribution is 9.02. The normalized spacial score (nSPS) is 10.1. The lowest BCUT2D eigenvalue weighted by Gasteiger charge is -2.07. The summed E-state index contributed by atoms with van der Waals surface area (Å²) in [6.07, 6.45) is 4.23. The second kappa shape index (κ2) is 15.2. The molecule has 0 N–H and O–H groups in total. The molecule has 116 valence electrons. The zero-order valence-electron chi connectivity index (χ0n) is 11.4. The van der Waals surface area contributed by atoms with Gasteiger partial charge in [0.15, 0.2) is 0 Å². The molecule has 0 aromatic carbocycles. The smallest absolute Gasteiger partial charge is 0.231 e. The molecule has 0 unspecified atom stereocenters. The van der Waals surface area contributed by atoms with Gasteiger partial charge in [0.1, 0.15) is 3.53 Å². The fourth-order valence-corrected chi connectivity index (χ4v) is 5.55. The van der Waals surface area contributed by atoms with Gasteiger partial charge in [0.2, 0.25) is 8.77 Å². The largest absolute Gasteiger partial charge is 0.478 e. The molecule has 0 rings (SSSR count). The van der Waals surface area contributed by atoms with Crippen LogP contribution in [0.2, 0.25) is 0 Å². The van der Waals surface area contributed by atoms with E-state index in [4.69, 9.17) is 46.1 Å². The molecule has 0 atom stereocenters.